The van der Waals surface area contributed by atoms with Gasteiger partial charge in [-0.3, -0.25) is 14.9 Å². The van der Waals surface area contributed by atoms with Crippen molar-refractivity contribution in [2.24, 2.45) is 5.41 Å². The van der Waals surface area contributed by atoms with Crippen molar-refractivity contribution in [3.63, 3.8) is 0 Å². The summed E-state index contributed by atoms with van der Waals surface area (Å²) in [5.41, 5.74) is -0.521. The third-order valence-corrected chi connectivity index (χ3v) is 3.93. The molecule has 7 heteroatoms. The summed E-state index contributed by atoms with van der Waals surface area (Å²) in [6, 6.07) is 4.51. The highest BCUT2D eigenvalue weighted by Crippen LogP contribution is 2.38. The van der Waals surface area contributed by atoms with Gasteiger partial charge in [0.15, 0.2) is 0 Å². The second-order valence-electron chi connectivity index (χ2n) is 5.50. The first-order valence-electron chi connectivity index (χ1n) is 6.68. The maximum absolute atomic E-state index is 11.4. The second-order valence-corrected chi connectivity index (χ2v) is 5.50. The number of aliphatic carboxylic acids is 1. The molecule has 0 aliphatic carbocycles. The molecule has 1 N–H and O–H groups in total. The van der Waals surface area contributed by atoms with E-state index in [9.17, 15) is 20.0 Å². The molecule has 21 heavy (non-hydrogen) atoms. The Hall–Kier alpha value is -2.31. The van der Waals surface area contributed by atoms with Crippen LogP contribution >= 0.6 is 0 Å². The fourth-order valence-corrected chi connectivity index (χ4v) is 2.66. The molecule has 1 aliphatic rings. The maximum Gasteiger partial charge on any atom is 0.311 e. The third kappa shape index (κ3) is 2.91. The zero-order valence-electron chi connectivity index (χ0n) is 12.0. The average Bonchev–Trinajstić information content (AvgIpc) is 2.46. The number of nitro groups is 1. The Morgan fingerprint density at radius 1 is 1.52 bits per heavy atom. The van der Waals surface area contributed by atoms with Gasteiger partial charge in [-0.05, 0) is 25.8 Å². The van der Waals surface area contributed by atoms with Crippen molar-refractivity contribution in [2.75, 3.05) is 25.1 Å². The summed E-state index contributed by atoms with van der Waals surface area (Å²) < 4.78 is 5.11. The summed E-state index contributed by atoms with van der Waals surface area (Å²) in [5.74, 6) is -0.365. The minimum atomic E-state index is -0.894. The van der Waals surface area contributed by atoms with Gasteiger partial charge in [0.25, 0.3) is 5.69 Å². The number of nitrogens with zero attached hydrogens (tertiary/aromatic N) is 2. The molecule has 1 aliphatic heterocycles. The summed E-state index contributed by atoms with van der Waals surface area (Å²) in [6.07, 6.45) is 1.24. The van der Waals surface area contributed by atoms with Gasteiger partial charge in [-0.1, -0.05) is 0 Å². The third-order valence-electron chi connectivity index (χ3n) is 3.93. The van der Waals surface area contributed by atoms with Gasteiger partial charge in [0.1, 0.15) is 11.4 Å². The molecule has 114 valence electrons. The molecule has 1 heterocycles. The molecule has 0 amide bonds. The fourth-order valence-electron chi connectivity index (χ4n) is 2.66. The Morgan fingerprint density at radius 3 is 2.81 bits per heavy atom. The minimum absolute atomic E-state index is 0.0366. The second kappa shape index (κ2) is 5.59. The summed E-state index contributed by atoms with van der Waals surface area (Å²) >= 11 is 0. The Balaban J connectivity index is 2.40. The van der Waals surface area contributed by atoms with Crippen LogP contribution in [0.15, 0.2) is 18.2 Å². The number of hydrogen-bond acceptors (Lipinski definition) is 5. The number of benzene rings is 1. The molecule has 0 aromatic heterocycles. The molecule has 1 saturated heterocycles. The first-order valence-corrected chi connectivity index (χ1v) is 6.68. The van der Waals surface area contributed by atoms with Crippen molar-refractivity contribution in [2.45, 2.75) is 19.8 Å². The molecule has 0 bridgehead atoms. The van der Waals surface area contributed by atoms with Gasteiger partial charge in [-0.15, -0.1) is 0 Å². The standard InChI is InChI=1S/C14H18N2O5/c1-14(13(17)18)6-3-7-15(9-14)12-8-10(21-2)4-5-11(12)16(19)20/h4-5,8H,3,6-7,9H2,1-2H3,(H,17,18). The Labute approximate surface area is 122 Å². The average molecular weight is 294 g/mol. The van der Waals surface area contributed by atoms with Crippen LogP contribution < -0.4 is 9.64 Å². The van der Waals surface area contributed by atoms with Crippen LogP contribution in [0.2, 0.25) is 0 Å². The van der Waals surface area contributed by atoms with E-state index in [-0.39, 0.29) is 12.2 Å². The Kier molecular flexibility index (Phi) is 4.02. The summed E-state index contributed by atoms with van der Waals surface area (Å²) in [4.78, 5) is 23.9. The smallest absolute Gasteiger partial charge is 0.311 e. The molecule has 1 aromatic rings. The number of ether oxygens (including phenoxy) is 1. The SMILES string of the molecule is COc1ccc([N+](=O)[O-])c(N2CCCC(C)(C(=O)O)C2)c1. The van der Waals surface area contributed by atoms with Crippen LogP contribution in [0.25, 0.3) is 0 Å². The van der Waals surface area contributed by atoms with Crippen LogP contribution in [0.5, 0.6) is 5.75 Å². The highest BCUT2D eigenvalue weighted by atomic mass is 16.6. The molecule has 0 radical (unpaired) electrons. The van der Waals surface area contributed by atoms with E-state index in [2.05, 4.69) is 0 Å². The molecule has 1 fully saturated rings. The lowest BCUT2D eigenvalue weighted by Gasteiger charge is -2.38. The van der Waals surface area contributed by atoms with Gasteiger partial charge in [-0.2, -0.15) is 0 Å². The zero-order chi connectivity index (χ0) is 15.6. The predicted molar refractivity (Wildman–Crippen MR) is 76.8 cm³/mol. The lowest BCUT2D eigenvalue weighted by atomic mass is 9.82. The van der Waals surface area contributed by atoms with E-state index in [1.165, 1.54) is 19.2 Å². The van der Waals surface area contributed by atoms with Crippen molar-refractivity contribution in [1.82, 2.24) is 0 Å². The lowest BCUT2D eigenvalue weighted by molar-refractivity contribution is -0.384. The largest absolute Gasteiger partial charge is 0.497 e. The Bertz CT molecular complexity index is 574. The molecular weight excluding hydrogens is 276 g/mol. The van der Waals surface area contributed by atoms with Crippen LogP contribution in [0.3, 0.4) is 0 Å². The van der Waals surface area contributed by atoms with E-state index < -0.39 is 16.3 Å². The molecule has 1 atom stereocenters. The van der Waals surface area contributed by atoms with Crippen molar-refractivity contribution < 1.29 is 19.6 Å². The van der Waals surface area contributed by atoms with E-state index in [1.807, 2.05) is 0 Å². The van der Waals surface area contributed by atoms with E-state index in [4.69, 9.17) is 4.74 Å². The van der Waals surface area contributed by atoms with Gasteiger partial charge in [0.05, 0.1) is 17.4 Å². The number of nitro benzene ring substituents is 1. The van der Waals surface area contributed by atoms with E-state index >= 15 is 0 Å². The van der Waals surface area contributed by atoms with Crippen LogP contribution in [0.1, 0.15) is 19.8 Å². The molecule has 1 aromatic carbocycles. The number of piperidine rings is 1. The predicted octanol–water partition coefficient (Wildman–Crippen LogP) is 2.29. The topological polar surface area (TPSA) is 92.9 Å². The molecule has 0 saturated carbocycles. The maximum atomic E-state index is 11.4. The summed E-state index contributed by atoms with van der Waals surface area (Å²) in [6.45, 7) is 2.51. The fraction of sp³-hybridized carbons (Fsp3) is 0.500. The van der Waals surface area contributed by atoms with Gasteiger partial charge >= 0.3 is 5.97 Å². The van der Waals surface area contributed by atoms with Gasteiger partial charge in [0, 0.05) is 25.2 Å². The first kappa shape index (κ1) is 15.1. The number of hydrogen-bond donors (Lipinski definition) is 1. The van der Waals surface area contributed by atoms with Gasteiger partial charge < -0.3 is 14.7 Å². The highest BCUT2D eigenvalue weighted by Gasteiger charge is 2.39. The van der Waals surface area contributed by atoms with Crippen LogP contribution in [-0.2, 0) is 4.79 Å². The summed E-state index contributed by atoms with van der Waals surface area (Å²) in [7, 11) is 1.49. The number of carboxylic acids is 1. The normalized spacial score (nSPS) is 21.9. The number of anilines is 1. The molecular formula is C14H18N2O5. The van der Waals surface area contributed by atoms with Crippen molar-refractivity contribution in [1.29, 1.82) is 0 Å². The highest BCUT2D eigenvalue weighted by molar-refractivity contribution is 5.76. The van der Waals surface area contributed by atoms with Crippen LogP contribution in [-0.4, -0.2) is 36.2 Å². The van der Waals surface area contributed by atoms with E-state index in [0.29, 0.717) is 30.8 Å². The zero-order valence-corrected chi connectivity index (χ0v) is 12.0. The van der Waals surface area contributed by atoms with Gasteiger partial charge in [0.2, 0.25) is 0 Å². The van der Waals surface area contributed by atoms with E-state index in [1.54, 1.807) is 17.9 Å². The van der Waals surface area contributed by atoms with Crippen LogP contribution in [0.4, 0.5) is 11.4 Å². The number of carboxylic acid groups (broad SMARTS) is 1. The molecule has 1 unspecified atom stereocenters. The number of carbonyl (C=O) groups is 1. The molecule has 7 nitrogen and oxygen atoms in total. The lowest BCUT2D eigenvalue weighted by Crippen LogP contribution is -2.46. The monoisotopic (exact) mass is 294 g/mol. The minimum Gasteiger partial charge on any atom is -0.497 e. The number of methoxy groups -OCH3 is 1. The van der Waals surface area contributed by atoms with Crippen LogP contribution in [0, 0.1) is 15.5 Å². The summed E-state index contributed by atoms with van der Waals surface area (Å²) in [5, 5.41) is 20.5. The van der Waals surface area contributed by atoms with Crippen molar-refractivity contribution in [3.8, 4) is 5.75 Å². The molecule has 0 spiro atoms. The van der Waals surface area contributed by atoms with Gasteiger partial charge in [-0.25, -0.2) is 0 Å². The molecule has 2 rings (SSSR count). The Morgan fingerprint density at radius 2 is 2.24 bits per heavy atom. The number of rotatable bonds is 4. The first-order chi connectivity index (χ1) is 9.87. The van der Waals surface area contributed by atoms with Crippen molar-refractivity contribution in [3.05, 3.63) is 28.3 Å². The van der Waals surface area contributed by atoms with Crippen molar-refractivity contribution >= 4 is 17.3 Å². The quantitative estimate of drug-likeness (QED) is 0.676. The van der Waals surface area contributed by atoms with E-state index in [0.717, 1.165) is 0 Å².